The molecule has 1 aliphatic rings. The smallest absolute Gasteiger partial charge is 0.0834 e. The van der Waals surface area contributed by atoms with Crippen molar-refractivity contribution < 1.29 is 0 Å². The second-order valence-corrected chi connectivity index (χ2v) is 7.05. The van der Waals surface area contributed by atoms with E-state index in [9.17, 15) is 0 Å². The SMILES string of the molecule is CCNC(c1c(Cl)cnn1CC)C1CCC(C(C)C)CC1. The van der Waals surface area contributed by atoms with Crippen LogP contribution in [0, 0.1) is 17.8 Å². The fourth-order valence-corrected chi connectivity index (χ4v) is 4.04. The molecule has 1 aliphatic carbocycles. The van der Waals surface area contributed by atoms with Crippen LogP contribution < -0.4 is 5.32 Å². The molecule has 0 aromatic carbocycles. The second-order valence-electron chi connectivity index (χ2n) is 6.65. The fourth-order valence-electron chi connectivity index (χ4n) is 3.78. The number of rotatable bonds is 6. The second kappa shape index (κ2) is 7.64. The molecule has 2 rings (SSSR count). The van der Waals surface area contributed by atoms with Crippen LogP contribution in [0.3, 0.4) is 0 Å². The van der Waals surface area contributed by atoms with Crippen LogP contribution in [0.25, 0.3) is 0 Å². The lowest BCUT2D eigenvalue weighted by Gasteiger charge is -2.36. The van der Waals surface area contributed by atoms with Crippen molar-refractivity contribution in [3.8, 4) is 0 Å². The van der Waals surface area contributed by atoms with Crippen molar-refractivity contribution in [2.45, 2.75) is 66.0 Å². The Bertz CT molecular complexity index is 433. The van der Waals surface area contributed by atoms with Crippen LogP contribution >= 0.6 is 11.6 Å². The molecule has 1 atom stereocenters. The van der Waals surface area contributed by atoms with E-state index < -0.39 is 0 Å². The summed E-state index contributed by atoms with van der Waals surface area (Å²) >= 11 is 6.43. The number of nitrogens with one attached hydrogen (secondary N) is 1. The average Bonchev–Trinajstić information content (AvgIpc) is 2.86. The van der Waals surface area contributed by atoms with E-state index in [1.54, 1.807) is 6.20 Å². The topological polar surface area (TPSA) is 29.9 Å². The van der Waals surface area contributed by atoms with E-state index in [-0.39, 0.29) is 0 Å². The van der Waals surface area contributed by atoms with Crippen molar-refractivity contribution in [2.75, 3.05) is 6.54 Å². The minimum absolute atomic E-state index is 0.345. The van der Waals surface area contributed by atoms with E-state index in [0.29, 0.717) is 12.0 Å². The number of hydrogen-bond donors (Lipinski definition) is 1. The van der Waals surface area contributed by atoms with Gasteiger partial charge >= 0.3 is 0 Å². The quantitative estimate of drug-likeness (QED) is 0.827. The summed E-state index contributed by atoms with van der Waals surface area (Å²) in [5.74, 6) is 2.39. The van der Waals surface area contributed by atoms with Gasteiger partial charge in [-0.2, -0.15) is 5.10 Å². The van der Waals surface area contributed by atoms with Gasteiger partial charge in [0.25, 0.3) is 0 Å². The van der Waals surface area contributed by atoms with E-state index in [1.165, 1.54) is 31.4 Å². The molecular formula is C17H30ClN3. The van der Waals surface area contributed by atoms with Crippen molar-refractivity contribution in [1.82, 2.24) is 15.1 Å². The zero-order valence-electron chi connectivity index (χ0n) is 13.9. The van der Waals surface area contributed by atoms with Gasteiger partial charge in [-0.25, -0.2) is 0 Å². The van der Waals surface area contributed by atoms with Gasteiger partial charge < -0.3 is 5.32 Å². The highest BCUT2D eigenvalue weighted by Crippen LogP contribution is 2.40. The third-order valence-corrected chi connectivity index (χ3v) is 5.37. The van der Waals surface area contributed by atoms with Crippen molar-refractivity contribution in [3.05, 3.63) is 16.9 Å². The summed E-state index contributed by atoms with van der Waals surface area (Å²) in [4.78, 5) is 0. The van der Waals surface area contributed by atoms with Crippen molar-refractivity contribution in [2.24, 2.45) is 17.8 Å². The number of hydrogen-bond acceptors (Lipinski definition) is 2. The van der Waals surface area contributed by atoms with Gasteiger partial charge in [0.05, 0.1) is 23.0 Å². The van der Waals surface area contributed by atoms with Gasteiger partial charge in [-0.15, -0.1) is 0 Å². The summed E-state index contributed by atoms with van der Waals surface area (Å²) in [6.45, 7) is 10.9. The monoisotopic (exact) mass is 311 g/mol. The predicted molar refractivity (Wildman–Crippen MR) is 89.6 cm³/mol. The van der Waals surface area contributed by atoms with Crippen LogP contribution in [0.5, 0.6) is 0 Å². The molecule has 0 bridgehead atoms. The van der Waals surface area contributed by atoms with E-state index in [0.717, 1.165) is 29.9 Å². The third-order valence-electron chi connectivity index (χ3n) is 5.08. The fraction of sp³-hybridized carbons (Fsp3) is 0.824. The molecule has 0 spiro atoms. The Labute approximate surface area is 134 Å². The van der Waals surface area contributed by atoms with Crippen LogP contribution in [-0.2, 0) is 6.54 Å². The Morgan fingerprint density at radius 1 is 1.24 bits per heavy atom. The Kier molecular flexibility index (Phi) is 6.12. The summed E-state index contributed by atoms with van der Waals surface area (Å²) < 4.78 is 2.06. The first-order valence-corrected chi connectivity index (χ1v) is 8.90. The molecule has 4 heteroatoms. The van der Waals surface area contributed by atoms with Gasteiger partial charge in [-0.05, 0) is 56.9 Å². The van der Waals surface area contributed by atoms with Crippen molar-refractivity contribution in [1.29, 1.82) is 0 Å². The predicted octanol–water partition coefficient (Wildman–Crippen LogP) is 4.67. The highest BCUT2D eigenvalue weighted by Gasteiger charge is 2.32. The van der Waals surface area contributed by atoms with Crippen LogP contribution in [0.4, 0.5) is 0 Å². The van der Waals surface area contributed by atoms with Gasteiger partial charge in [0.15, 0.2) is 0 Å². The molecular weight excluding hydrogens is 282 g/mol. The first kappa shape index (κ1) is 16.8. The molecule has 1 aromatic rings. The first-order chi connectivity index (χ1) is 10.1. The van der Waals surface area contributed by atoms with Crippen LogP contribution in [-0.4, -0.2) is 16.3 Å². The van der Waals surface area contributed by atoms with E-state index >= 15 is 0 Å². The minimum atomic E-state index is 0.345. The molecule has 0 aliphatic heterocycles. The summed E-state index contributed by atoms with van der Waals surface area (Å²) in [6.07, 6.45) is 7.09. The van der Waals surface area contributed by atoms with Crippen molar-refractivity contribution >= 4 is 11.6 Å². The average molecular weight is 312 g/mol. The number of aryl methyl sites for hydroxylation is 1. The Morgan fingerprint density at radius 2 is 1.86 bits per heavy atom. The highest BCUT2D eigenvalue weighted by atomic mass is 35.5. The lowest BCUT2D eigenvalue weighted by atomic mass is 9.74. The molecule has 1 aromatic heterocycles. The van der Waals surface area contributed by atoms with Gasteiger partial charge in [0.2, 0.25) is 0 Å². The Balaban J connectivity index is 2.14. The molecule has 3 nitrogen and oxygen atoms in total. The molecule has 1 unspecified atom stereocenters. The van der Waals surface area contributed by atoms with E-state index in [2.05, 4.69) is 42.8 Å². The number of nitrogens with zero attached hydrogens (tertiary/aromatic N) is 2. The first-order valence-electron chi connectivity index (χ1n) is 8.53. The maximum Gasteiger partial charge on any atom is 0.0834 e. The lowest BCUT2D eigenvalue weighted by molar-refractivity contribution is 0.186. The number of halogens is 1. The molecule has 1 fully saturated rings. The lowest BCUT2D eigenvalue weighted by Crippen LogP contribution is -2.33. The number of aromatic nitrogens is 2. The van der Waals surface area contributed by atoms with E-state index in [4.69, 9.17) is 11.6 Å². The molecule has 1 heterocycles. The maximum atomic E-state index is 6.43. The Hall–Kier alpha value is -0.540. The summed E-state index contributed by atoms with van der Waals surface area (Å²) in [6, 6.07) is 0.345. The molecule has 0 radical (unpaired) electrons. The van der Waals surface area contributed by atoms with Crippen LogP contribution in [0.2, 0.25) is 5.02 Å². The van der Waals surface area contributed by atoms with Gasteiger partial charge in [-0.3, -0.25) is 4.68 Å². The highest BCUT2D eigenvalue weighted by molar-refractivity contribution is 6.31. The zero-order chi connectivity index (χ0) is 15.4. The van der Waals surface area contributed by atoms with E-state index in [1.807, 2.05) is 0 Å². The van der Waals surface area contributed by atoms with Crippen LogP contribution in [0.15, 0.2) is 6.20 Å². The normalized spacial score (nSPS) is 24.5. The summed E-state index contributed by atoms with van der Waals surface area (Å²) in [7, 11) is 0. The van der Waals surface area contributed by atoms with Gasteiger partial charge in [0, 0.05) is 6.54 Å². The largest absolute Gasteiger partial charge is 0.309 e. The summed E-state index contributed by atoms with van der Waals surface area (Å²) in [5, 5.41) is 8.90. The molecule has 21 heavy (non-hydrogen) atoms. The van der Waals surface area contributed by atoms with Crippen LogP contribution in [0.1, 0.15) is 65.1 Å². The molecule has 1 saturated carbocycles. The molecule has 0 amide bonds. The van der Waals surface area contributed by atoms with Gasteiger partial charge in [-0.1, -0.05) is 32.4 Å². The third kappa shape index (κ3) is 3.81. The zero-order valence-corrected chi connectivity index (χ0v) is 14.7. The van der Waals surface area contributed by atoms with Gasteiger partial charge in [0.1, 0.15) is 0 Å². The maximum absolute atomic E-state index is 6.43. The van der Waals surface area contributed by atoms with Crippen molar-refractivity contribution in [3.63, 3.8) is 0 Å². The standard InChI is InChI=1S/C17H30ClN3/c1-5-19-16(17-15(18)11-20-21(17)6-2)14-9-7-13(8-10-14)12(3)4/h11-14,16,19H,5-10H2,1-4H3. The molecule has 120 valence electrons. The summed E-state index contributed by atoms with van der Waals surface area (Å²) in [5.41, 5.74) is 1.19. The Morgan fingerprint density at radius 3 is 2.38 bits per heavy atom. The minimum Gasteiger partial charge on any atom is -0.309 e. The molecule has 0 saturated heterocycles. The molecule has 1 N–H and O–H groups in total.